The second-order valence-corrected chi connectivity index (χ2v) is 1.46. The van der Waals surface area contributed by atoms with Gasteiger partial charge in [-0.15, -0.1) is 0 Å². The third-order valence-corrected chi connectivity index (χ3v) is 0.721. The number of halogens is 2. The molecule has 0 aromatic heterocycles. The van der Waals surface area contributed by atoms with E-state index in [2.05, 4.69) is 4.74 Å². The fourth-order valence-corrected chi connectivity index (χ4v) is 0.347. The molecule has 0 spiro atoms. The van der Waals surface area contributed by atoms with Crippen molar-refractivity contribution < 1.29 is 18.6 Å². The maximum absolute atomic E-state index is 11.2. The lowest BCUT2D eigenvalue weighted by Crippen LogP contribution is -2.00. The smallest absolute Gasteiger partial charge is 0.345 e. The molecule has 0 aliphatic heterocycles. The van der Waals surface area contributed by atoms with Crippen molar-refractivity contribution in [1.29, 1.82) is 0 Å². The van der Waals surface area contributed by atoms with Crippen LogP contribution in [0.2, 0.25) is 0 Å². The minimum absolute atomic E-state index is 0.00523. The van der Waals surface area contributed by atoms with Gasteiger partial charge in [0.15, 0.2) is 0 Å². The van der Waals surface area contributed by atoms with Crippen molar-refractivity contribution in [2.24, 2.45) is 0 Å². The summed E-state index contributed by atoms with van der Waals surface area (Å²) in [6.07, 6.45) is 0.827. The third-order valence-electron chi connectivity index (χ3n) is 0.721. The summed E-state index contributed by atoms with van der Waals surface area (Å²) in [6.45, 7) is -1.77. The molecule has 0 saturated carbocycles. The van der Waals surface area contributed by atoms with Gasteiger partial charge in [0.05, 0.1) is 13.2 Å². The average molecular weight is 139 g/mol. The van der Waals surface area contributed by atoms with Gasteiger partial charge in [-0.05, 0) is 12.8 Å². The van der Waals surface area contributed by atoms with Gasteiger partial charge < -0.3 is 9.84 Å². The highest BCUT2D eigenvalue weighted by molar-refractivity contribution is 4.45. The molecule has 0 aliphatic rings. The Morgan fingerprint density at radius 1 is 1.56 bits per heavy atom. The quantitative estimate of drug-likeness (QED) is 0.585. The summed E-state index contributed by atoms with van der Waals surface area (Å²) in [5.41, 5.74) is 0. The molecule has 55 valence electrons. The lowest BCUT2D eigenvalue weighted by Gasteiger charge is -1.98. The van der Waals surface area contributed by atoms with Crippen LogP contribution in [-0.2, 0) is 4.74 Å². The normalized spacial score (nSPS) is 10.7. The van der Waals surface area contributed by atoms with Crippen molar-refractivity contribution in [3.63, 3.8) is 0 Å². The summed E-state index contributed by atoms with van der Waals surface area (Å²) in [4.78, 5) is 0. The molecule has 4 heteroatoms. The van der Waals surface area contributed by atoms with Gasteiger partial charge in [-0.1, -0.05) is 0 Å². The molecule has 0 aliphatic carbocycles. The maximum Gasteiger partial charge on any atom is 0.345 e. The van der Waals surface area contributed by atoms with E-state index in [4.69, 9.17) is 5.11 Å². The molecule has 0 rings (SSSR count). The predicted molar refractivity (Wildman–Crippen MR) is 27.4 cm³/mol. The monoisotopic (exact) mass is 139 g/mol. The van der Waals surface area contributed by atoms with Gasteiger partial charge >= 0.3 is 6.61 Å². The first-order valence-corrected chi connectivity index (χ1v) is 2.63. The third kappa shape index (κ3) is 7.78. The Morgan fingerprint density at radius 2 is 2.22 bits per heavy atom. The van der Waals surface area contributed by atoms with Gasteiger partial charge in [0.25, 0.3) is 0 Å². The van der Waals surface area contributed by atoms with Crippen molar-refractivity contribution in [2.75, 3.05) is 6.61 Å². The summed E-state index contributed by atoms with van der Waals surface area (Å²) in [7, 11) is 0. The molecule has 2 nitrogen and oxygen atoms in total. The first kappa shape index (κ1) is 8.78. The number of rotatable bonds is 5. The zero-order chi connectivity index (χ0) is 7.11. The SMILES string of the molecule is O[CH]CCCOC(F)F. The second-order valence-electron chi connectivity index (χ2n) is 1.46. The largest absolute Gasteiger partial charge is 0.390 e. The molecule has 0 atom stereocenters. The lowest BCUT2D eigenvalue weighted by molar-refractivity contribution is -0.129. The summed E-state index contributed by atoms with van der Waals surface area (Å²) in [5.74, 6) is 0. The van der Waals surface area contributed by atoms with E-state index in [9.17, 15) is 8.78 Å². The van der Waals surface area contributed by atoms with E-state index in [1.165, 1.54) is 0 Å². The average Bonchev–Trinajstić information content (AvgIpc) is 1.80. The Morgan fingerprint density at radius 3 is 2.67 bits per heavy atom. The number of hydrogen-bond acceptors (Lipinski definition) is 2. The van der Waals surface area contributed by atoms with E-state index >= 15 is 0 Å². The minimum Gasteiger partial charge on any atom is -0.390 e. The van der Waals surface area contributed by atoms with Crippen LogP contribution in [0, 0.1) is 6.61 Å². The zero-order valence-corrected chi connectivity index (χ0v) is 4.89. The van der Waals surface area contributed by atoms with E-state index in [1.807, 2.05) is 0 Å². The highest BCUT2D eigenvalue weighted by Gasteiger charge is 1.98. The van der Waals surface area contributed by atoms with E-state index in [1.54, 1.807) is 0 Å². The molecule has 0 saturated heterocycles. The molecule has 0 unspecified atom stereocenters. The predicted octanol–water partition coefficient (Wildman–Crippen LogP) is 1.54. The van der Waals surface area contributed by atoms with Crippen LogP contribution in [0.5, 0.6) is 0 Å². The number of hydrogen-bond donors (Lipinski definition) is 1. The molecular formula is C5H9F2O2. The number of aliphatic hydroxyl groups is 1. The molecular weight excluding hydrogens is 130 g/mol. The molecule has 0 bridgehead atoms. The Labute approximate surface area is 52.4 Å². The van der Waals surface area contributed by atoms with Crippen LogP contribution in [0.15, 0.2) is 0 Å². The highest BCUT2D eigenvalue weighted by Crippen LogP contribution is 1.97. The molecule has 0 fully saturated rings. The Bertz CT molecular complexity index is 58.9. The van der Waals surface area contributed by atoms with E-state index < -0.39 is 6.61 Å². The van der Waals surface area contributed by atoms with E-state index in [0.717, 1.165) is 6.61 Å². The van der Waals surface area contributed by atoms with Gasteiger partial charge in [-0.2, -0.15) is 8.78 Å². The fraction of sp³-hybridized carbons (Fsp3) is 0.800. The highest BCUT2D eigenvalue weighted by atomic mass is 19.3. The number of ether oxygens (including phenoxy) is 1. The molecule has 1 radical (unpaired) electrons. The van der Waals surface area contributed by atoms with Crippen LogP contribution in [0.1, 0.15) is 12.8 Å². The Balaban J connectivity index is 2.75. The van der Waals surface area contributed by atoms with E-state index in [0.29, 0.717) is 12.8 Å². The van der Waals surface area contributed by atoms with Crippen molar-refractivity contribution in [3.05, 3.63) is 6.61 Å². The van der Waals surface area contributed by atoms with Gasteiger partial charge in [-0.3, -0.25) is 0 Å². The molecule has 0 heterocycles. The standard InChI is InChI=1S/C5H9F2O2/c6-5(7)9-4-2-1-3-8/h3,5,8H,1-2,4H2. The van der Waals surface area contributed by atoms with Crippen molar-refractivity contribution >= 4 is 0 Å². The van der Waals surface area contributed by atoms with Gasteiger partial charge in [-0.25, -0.2) is 0 Å². The van der Waals surface area contributed by atoms with Crippen molar-refractivity contribution in [1.82, 2.24) is 0 Å². The zero-order valence-electron chi connectivity index (χ0n) is 4.89. The number of unbranched alkanes of at least 4 members (excludes halogenated alkanes) is 1. The summed E-state index contributed by atoms with van der Waals surface area (Å²) >= 11 is 0. The Kier molecular flexibility index (Phi) is 5.76. The van der Waals surface area contributed by atoms with Crippen LogP contribution >= 0.6 is 0 Å². The number of alkyl halides is 2. The molecule has 0 amide bonds. The van der Waals surface area contributed by atoms with Crippen LogP contribution < -0.4 is 0 Å². The Hall–Kier alpha value is -0.220. The van der Waals surface area contributed by atoms with Crippen molar-refractivity contribution in [3.8, 4) is 0 Å². The van der Waals surface area contributed by atoms with Crippen LogP contribution in [0.3, 0.4) is 0 Å². The summed E-state index contributed by atoms with van der Waals surface area (Å²) < 4.78 is 26.2. The fourth-order valence-electron chi connectivity index (χ4n) is 0.347. The molecule has 0 aromatic carbocycles. The minimum atomic E-state index is -2.69. The van der Waals surface area contributed by atoms with Gasteiger partial charge in [0.1, 0.15) is 0 Å². The lowest BCUT2D eigenvalue weighted by atomic mass is 10.3. The van der Waals surface area contributed by atoms with Crippen LogP contribution in [0.25, 0.3) is 0 Å². The number of aliphatic hydroxyl groups excluding tert-OH is 1. The first-order chi connectivity index (χ1) is 4.27. The molecule has 9 heavy (non-hydrogen) atoms. The second kappa shape index (κ2) is 5.91. The van der Waals surface area contributed by atoms with Crippen LogP contribution in [0.4, 0.5) is 8.78 Å². The summed E-state index contributed by atoms with van der Waals surface area (Å²) in [5, 5.41) is 8.06. The first-order valence-electron chi connectivity index (χ1n) is 2.63. The van der Waals surface area contributed by atoms with Gasteiger partial charge in [0, 0.05) is 0 Å². The topological polar surface area (TPSA) is 29.5 Å². The van der Waals surface area contributed by atoms with Crippen molar-refractivity contribution in [2.45, 2.75) is 19.5 Å². The summed E-state index contributed by atoms with van der Waals surface area (Å²) in [6, 6.07) is 0. The van der Waals surface area contributed by atoms with Gasteiger partial charge in [0.2, 0.25) is 0 Å². The van der Waals surface area contributed by atoms with Crippen LogP contribution in [-0.4, -0.2) is 18.3 Å². The maximum atomic E-state index is 11.2. The molecule has 0 aromatic rings. The molecule has 1 N–H and O–H groups in total. The van der Waals surface area contributed by atoms with E-state index in [-0.39, 0.29) is 6.61 Å².